The van der Waals surface area contributed by atoms with Crippen molar-refractivity contribution in [2.45, 2.75) is 11.8 Å². The van der Waals surface area contributed by atoms with Crippen LogP contribution in [0, 0.1) is 0 Å². The highest BCUT2D eigenvalue weighted by atomic mass is 32.2. The molecule has 0 amide bonds. The van der Waals surface area contributed by atoms with E-state index in [4.69, 9.17) is 0 Å². The van der Waals surface area contributed by atoms with Gasteiger partial charge in [0, 0.05) is 24.5 Å². The van der Waals surface area contributed by atoms with Gasteiger partial charge in [-0.1, -0.05) is 0 Å². The topological polar surface area (TPSA) is 77.4 Å². The Morgan fingerprint density at radius 3 is 2.71 bits per heavy atom. The number of sulfonamides is 1. The molecule has 2 heterocycles. The number of ether oxygens (including phenoxy) is 1. The quantitative estimate of drug-likeness (QED) is 0.741. The largest absolute Gasteiger partial charge is 0.464 e. The summed E-state index contributed by atoms with van der Waals surface area (Å²) < 4.78 is 32.2. The number of fused-ring (bicyclic) bond motifs is 1. The Kier molecular flexibility index (Phi) is 2.50. The van der Waals surface area contributed by atoms with Gasteiger partial charge in [0.1, 0.15) is 10.6 Å². The highest BCUT2D eigenvalue weighted by Crippen LogP contribution is 2.28. The predicted octanol–water partition coefficient (Wildman–Crippen LogP) is 0.464. The fraction of sp³-hybridized carbons (Fsp3) is 0.300. The molecule has 1 aliphatic heterocycles. The molecule has 1 aliphatic rings. The maximum absolute atomic E-state index is 11.8. The van der Waals surface area contributed by atoms with Gasteiger partial charge < -0.3 is 9.30 Å². The lowest BCUT2D eigenvalue weighted by molar-refractivity contribution is 0.0589. The number of nitrogens with one attached hydrogen (secondary N) is 1. The number of carbonyl (C=O) groups excluding carboxylic acids is 1. The summed E-state index contributed by atoms with van der Waals surface area (Å²) in [6.07, 6.45) is 3.01. The maximum atomic E-state index is 11.8. The van der Waals surface area contributed by atoms with Crippen LogP contribution in [-0.4, -0.2) is 26.1 Å². The summed E-state index contributed by atoms with van der Waals surface area (Å²) in [6, 6.07) is 0. The number of hydrogen-bond acceptors (Lipinski definition) is 4. The van der Waals surface area contributed by atoms with Crippen molar-refractivity contribution in [1.82, 2.24) is 9.29 Å². The molecule has 0 aliphatic carbocycles. The molecule has 17 heavy (non-hydrogen) atoms. The lowest BCUT2D eigenvalue weighted by Crippen LogP contribution is -2.25. The first kappa shape index (κ1) is 11.7. The summed E-state index contributed by atoms with van der Waals surface area (Å²) in [6.45, 7) is 1.62. The maximum Gasteiger partial charge on any atom is 0.355 e. The molecular formula is C10H12N2O4S. The summed E-state index contributed by atoms with van der Waals surface area (Å²) in [4.78, 5) is 11.7. The van der Waals surface area contributed by atoms with Crippen molar-refractivity contribution < 1.29 is 17.9 Å². The molecule has 1 N–H and O–H groups in total. The molecule has 1 aromatic heterocycles. The number of aromatic nitrogens is 1. The zero-order valence-electron chi connectivity index (χ0n) is 9.64. The van der Waals surface area contributed by atoms with Crippen LogP contribution in [0.1, 0.15) is 23.0 Å². The third kappa shape index (κ3) is 1.72. The van der Waals surface area contributed by atoms with E-state index in [-0.39, 0.29) is 10.6 Å². The Labute approximate surface area is 98.9 Å². The lowest BCUT2D eigenvalue weighted by atomic mass is 10.2. The first-order valence-electron chi connectivity index (χ1n) is 4.85. The van der Waals surface area contributed by atoms with E-state index in [2.05, 4.69) is 9.46 Å². The molecule has 0 saturated carbocycles. The van der Waals surface area contributed by atoms with Gasteiger partial charge in [-0.15, -0.1) is 0 Å². The molecule has 0 unspecified atom stereocenters. The normalized spacial score (nSPS) is 16.8. The second-order valence-electron chi connectivity index (χ2n) is 3.79. The van der Waals surface area contributed by atoms with Gasteiger partial charge in [0.2, 0.25) is 0 Å². The average Bonchev–Trinajstić information content (AvgIpc) is 2.53. The summed E-state index contributed by atoms with van der Waals surface area (Å²) in [7, 11) is -0.723. The standard InChI is InChI=1S/C10H12N2O4S/c1-6-4-7-8(17(14,15)11-6)5-12(2)9(7)10(13)16-3/h4-5,11H,1-3H3. The Bertz CT molecular complexity index is 625. The Balaban J connectivity index is 2.77. The number of nitrogens with zero attached hydrogens (tertiary/aromatic N) is 1. The molecule has 0 spiro atoms. The van der Waals surface area contributed by atoms with Gasteiger partial charge in [-0.25, -0.2) is 13.2 Å². The Hall–Kier alpha value is -1.76. The van der Waals surface area contributed by atoms with E-state index >= 15 is 0 Å². The summed E-state index contributed by atoms with van der Waals surface area (Å²) in [5, 5.41) is 0. The second kappa shape index (κ2) is 3.63. The van der Waals surface area contributed by atoms with Crippen molar-refractivity contribution in [2.75, 3.05) is 7.11 Å². The highest BCUT2D eigenvalue weighted by molar-refractivity contribution is 7.89. The van der Waals surface area contributed by atoms with Crippen molar-refractivity contribution in [3.63, 3.8) is 0 Å². The molecule has 92 valence electrons. The van der Waals surface area contributed by atoms with E-state index in [9.17, 15) is 13.2 Å². The second-order valence-corrected chi connectivity index (χ2v) is 5.44. The molecule has 0 aromatic carbocycles. The minimum atomic E-state index is -3.58. The zero-order valence-corrected chi connectivity index (χ0v) is 10.5. The van der Waals surface area contributed by atoms with Crippen LogP contribution in [0.2, 0.25) is 0 Å². The smallest absolute Gasteiger partial charge is 0.355 e. The van der Waals surface area contributed by atoms with Gasteiger partial charge in [-0.2, -0.15) is 0 Å². The zero-order chi connectivity index (χ0) is 12.8. The molecule has 6 nitrogen and oxygen atoms in total. The molecule has 1 aromatic rings. The minimum absolute atomic E-state index is 0.0889. The van der Waals surface area contributed by atoms with Gasteiger partial charge >= 0.3 is 5.97 Å². The Morgan fingerprint density at radius 1 is 1.47 bits per heavy atom. The van der Waals surface area contributed by atoms with Gasteiger partial charge in [-0.05, 0) is 13.0 Å². The van der Waals surface area contributed by atoms with Gasteiger partial charge in [0.05, 0.1) is 7.11 Å². The molecule has 0 atom stereocenters. The van der Waals surface area contributed by atoms with Gasteiger partial charge in [0.15, 0.2) is 0 Å². The summed E-state index contributed by atoms with van der Waals surface area (Å²) >= 11 is 0. The van der Waals surface area contributed by atoms with Crippen molar-refractivity contribution in [2.24, 2.45) is 7.05 Å². The molecular weight excluding hydrogens is 244 g/mol. The van der Waals surface area contributed by atoms with Crippen molar-refractivity contribution in [3.8, 4) is 0 Å². The first-order chi connectivity index (χ1) is 7.86. The number of aryl methyl sites for hydroxylation is 1. The van der Waals surface area contributed by atoms with Crippen LogP contribution >= 0.6 is 0 Å². The van der Waals surface area contributed by atoms with Gasteiger partial charge in [0.25, 0.3) is 10.0 Å². The third-order valence-corrected chi connectivity index (χ3v) is 4.00. The van der Waals surface area contributed by atoms with Crippen molar-refractivity contribution in [3.05, 3.63) is 23.2 Å². The van der Waals surface area contributed by atoms with Crippen LogP contribution in [0.5, 0.6) is 0 Å². The first-order valence-corrected chi connectivity index (χ1v) is 6.34. The third-order valence-electron chi connectivity index (χ3n) is 2.51. The van der Waals surface area contributed by atoms with Crippen LogP contribution in [0.3, 0.4) is 0 Å². The molecule has 0 bridgehead atoms. The number of hydrogen-bond donors (Lipinski definition) is 1. The summed E-state index contributed by atoms with van der Waals surface area (Å²) in [5.41, 5.74) is 1.07. The van der Waals surface area contributed by atoms with E-state index < -0.39 is 16.0 Å². The number of carbonyl (C=O) groups is 1. The summed E-state index contributed by atoms with van der Waals surface area (Å²) in [5.74, 6) is -0.560. The molecule has 0 saturated heterocycles. The van der Waals surface area contributed by atoms with Crippen LogP contribution in [-0.2, 0) is 21.8 Å². The fourth-order valence-corrected chi connectivity index (χ4v) is 3.17. The van der Waals surface area contributed by atoms with Crippen LogP contribution in [0.25, 0.3) is 6.08 Å². The number of rotatable bonds is 1. The molecule has 0 radical (unpaired) electrons. The average molecular weight is 256 g/mol. The van der Waals surface area contributed by atoms with E-state index in [1.807, 2.05) is 0 Å². The lowest BCUT2D eigenvalue weighted by Gasteiger charge is -2.13. The molecule has 2 rings (SSSR count). The number of allylic oxidation sites excluding steroid dienone is 1. The fourth-order valence-electron chi connectivity index (χ4n) is 1.83. The Morgan fingerprint density at radius 2 is 2.12 bits per heavy atom. The monoisotopic (exact) mass is 256 g/mol. The van der Waals surface area contributed by atoms with Crippen molar-refractivity contribution in [1.29, 1.82) is 0 Å². The van der Waals surface area contributed by atoms with E-state index in [0.29, 0.717) is 11.3 Å². The number of methoxy groups -OCH3 is 1. The molecule has 0 fully saturated rings. The molecule has 7 heteroatoms. The number of esters is 1. The SMILES string of the molecule is COC(=O)c1c2c(cn1C)S(=O)(=O)NC(C)=C2. The minimum Gasteiger partial charge on any atom is -0.464 e. The van der Waals surface area contributed by atoms with E-state index in [1.165, 1.54) is 17.9 Å². The predicted molar refractivity (Wildman–Crippen MR) is 60.7 cm³/mol. The van der Waals surface area contributed by atoms with Crippen molar-refractivity contribution >= 4 is 22.1 Å². The van der Waals surface area contributed by atoms with Crippen LogP contribution in [0.4, 0.5) is 0 Å². The highest BCUT2D eigenvalue weighted by Gasteiger charge is 2.30. The van der Waals surface area contributed by atoms with Gasteiger partial charge in [-0.3, -0.25) is 4.72 Å². The van der Waals surface area contributed by atoms with Crippen LogP contribution in [0.15, 0.2) is 16.8 Å². The van der Waals surface area contributed by atoms with E-state index in [0.717, 1.165) is 0 Å². The van der Waals surface area contributed by atoms with E-state index in [1.54, 1.807) is 20.0 Å². The van der Waals surface area contributed by atoms with Crippen LogP contribution < -0.4 is 4.72 Å².